The van der Waals surface area contributed by atoms with E-state index in [1.807, 2.05) is 0 Å². The van der Waals surface area contributed by atoms with Crippen LogP contribution in [0.3, 0.4) is 0 Å². The van der Waals surface area contributed by atoms with E-state index in [-0.39, 0.29) is 23.5 Å². The van der Waals surface area contributed by atoms with Crippen LogP contribution in [-0.2, 0) is 14.4 Å². The van der Waals surface area contributed by atoms with E-state index in [9.17, 15) is 14.4 Å². The number of amides is 2. The first-order valence-electron chi connectivity index (χ1n) is 7.49. The highest BCUT2D eigenvalue weighted by molar-refractivity contribution is 5.94. The molecule has 0 aromatic rings. The van der Waals surface area contributed by atoms with Crippen molar-refractivity contribution in [3.8, 4) is 0 Å². The first-order chi connectivity index (χ1) is 9.76. The quantitative estimate of drug-likeness (QED) is 0.730. The van der Waals surface area contributed by atoms with Gasteiger partial charge in [0.05, 0.1) is 0 Å². The molecule has 0 unspecified atom stereocenters. The molecule has 1 rings (SSSR count). The Labute approximate surface area is 126 Å². The maximum atomic E-state index is 12.1. The van der Waals surface area contributed by atoms with Crippen LogP contribution in [-0.4, -0.2) is 29.7 Å². The minimum atomic E-state index is -0.956. The molecule has 1 aliphatic carbocycles. The Kier molecular flexibility index (Phi) is 6.12. The third kappa shape index (κ3) is 5.33. The van der Waals surface area contributed by atoms with Gasteiger partial charge in [-0.3, -0.25) is 14.4 Å². The molecule has 5 nitrogen and oxygen atoms in total. The summed E-state index contributed by atoms with van der Waals surface area (Å²) in [4.78, 5) is 34.7. The molecule has 2 amide bonds. The second-order valence-electron chi connectivity index (χ2n) is 6.36. The van der Waals surface area contributed by atoms with Gasteiger partial charge in [0.2, 0.25) is 11.8 Å². The summed E-state index contributed by atoms with van der Waals surface area (Å²) < 4.78 is 0. The van der Waals surface area contributed by atoms with Crippen molar-refractivity contribution in [2.24, 2.45) is 11.8 Å². The van der Waals surface area contributed by atoms with Gasteiger partial charge in [0.15, 0.2) is 0 Å². The fraction of sp³-hybridized carbons (Fsp3) is 0.688. The lowest BCUT2D eigenvalue weighted by Crippen LogP contribution is -2.55. The van der Waals surface area contributed by atoms with Crippen molar-refractivity contribution in [1.29, 1.82) is 0 Å². The van der Waals surface area contributed by atoms with E-state index >= 15 is 0 Å². The Morgan fingerprint density at radius 3 is 2.24 bits per heavy atom. The highest BCUT2D eigenvalue weighted by Gasteiger charge is 2.30. The molecule has 2 N–H and O–H groups in total. The predicted octanol–water partition coefficient (Wildman–Crippen LogP) is 1.58. The summed E-state index contributed by atoms with van der Waals surface area (Å²) in [5.41, 5.74) is -0.956. The highest BCUT2D eigenvalue weighted by Crippen LogP contribution is 2.28. The zero-order valence-electron chi connectivity index (χ0n) is 13.2. The Morgan fingerprint density at radius 2 is 1.76 bits per heavy atom. The largest absolute Gasteiger partial charge is 0.354 e. The molecule has 1 aliphatic rings. The van der Waals surface area contributed by atoms with E-state index < -0.39 is 5.54 Å². The van der Waals surface area contributed by atoms with Crippen LogP contribution in [0.25, 0.3) is 0 Å². The number of carbonyl (C=O) groups excluding carboxylic acids is 3. The van der Waals surface area contributed by atoms with Gasteiger partial charge in [-0.25, -0.2) is 0 Å². The SMILES string of the molecule is C=CC(=O)NC(C)(C)C(=O)NCC1CCC(C(C)=O)CC1. The maximum absolute atomic E-state index is 12.1. The van der Waals surface area contributed by atoms with Crippen molar-refractivity contribution >= 4 is 17.6 Å². The summed E-state index contributed by atoms with van der Waals surface area (Å²) in [6.07, 6.45) is 4.89. The van der Waals surface area contributed by atoms with Gasteiger partial charge in [0.1, 0.15) is 11.3 Å². The molecule has 5 heteroatoms. The van der Waals surface area contributed by atoms with E-state index in [1.54, 1.807) is 20.8 Å². The number of rotatable bonds is 6. The summed E-state index contributed by atoms with van der Waals surface area (Å²) in [6.45, 7) is 8.94. The fourth-order valence-corrected chi connectivity index (χ4v) is 2.65. The molecule has 0 aromatic heterocycles. The lowest BCUT2D eigenvalue weighted by Gasteiger charge is -2.29. The van der Waals surface area contributed by atoms with Gasteiger partial charge in [-0.2, -0.15) is 0 Å². The van der Waals surface area contributed by atoms with Crippen LogP contribution in [0, 0.1) is 11.8 Å². The molecule has 0 aromatic carbocycles. The molecule has 0 spiro atoms. The van der Waals surface area contributed by atoms with Gasteiger partial charge >= 0.3 is 0 Å². The molecule has 0 atom stereocenters. The average Bonchev–Trinajstić information content (AvgIpc) is 2.44. The summed E-state index contributed by atoms with van der Waals surface area (Å²) in [5, 5.41) is 5.50. The summed E-state index contributed by atoms with van der Waals surface area (Å²) in [6, 6.07) is 0. The number of carbonyl (C=O) groups is 3. The molecule has 1 saturated carbocycles. The number of hydrogen-bond donors (Lipinski definition) is 2. The van der Waals surface area contributed by atoms with Crippen LogP contribution in [0.4, 0.5) is 0 Å². The van der Waals surface area contributed by atoms with Crippen molar-refractivity contribution in [2.75, 3.05) is 6.54 Å². The number of hydrogen-bond acceptors (Lipinski definition) is 3. The minimum absolute atomic E-state index is 0.195. The molecule has 21 heavy (non-hydrogen) atoms. The van der Waals surface area contributed by atoms with Crippen molar-refractivity contribution < 1.29 is 14.4 Å². The van der Waals surface area contributed by atoms with E-state index in [1.165, 1.54) is 0 Å². The zero-order chi connectivity index (χ0) is 16.0. The van der Waals surface area contributed by atoms with E-state index in [0.717, 1.165) is 31.8 Å². The lowest BCUT2D eigenvalue weighted by atomic mass is 9.80. The van der Waals surface area contributed by atoms with Gasteiger partial charge in [-0.1, -0.05) is 6.58 Å². The van der Waals surface area contributed by atoms with Gasteiger partial charge in [-0.05, 0) is 58.4 Å². The van der Waals surface area contributed by atoms with E-state index in [2.05, 4.69) is 17.2 Å². The van der Waals surface area contributed by atoms with Crippen molar-refractivity contribution in [1.82, 2.24) is 10.6 Å². The molecule has 0 saturated heterocycles. The molecule has 0 radical (unpaired) electrons. The van der Waals surface area contributed by atoms with Crippen LogP contribution >= 0.6 is 0 Å². The standard InChI is InChI=1S/C16H26N2O3/c1-5-14(20)18-16(3,4)15(21)17-10-12-6-8-13(9-7-12)11(2)19/h5,12-13H,1,6-10H2,2-4H3,(H,17,21)(H,18,20). The van der Waals surface area contributed by atoms with Crippen molar-refractivity contribution in [3.05, 3.63) is 12.7 Å². The van der Waals surface area contributed by atoms with Crippen LogP contribution in [0.1, 0.15) is 46.5 Å². The molecule has 0 heterocycles. The highest BCUT2D eigenvalue weighted by atomic mass is 16.2. The zero-order valence-corrected chi connectivity index (χ0v) is 13.2. The Bertz CT molecular complexity index is 421. The Morgan fingerprint density at radius 1 is 1.19 bits per heavy atom. The van der Waals surface area contributed by atoms with E-state index in [0.29, 0.717) is 12.5 Å². The van der Waals surface area contributed by atoms with Gasteiger partial charge in [0.25, 0.3) is 0 Å². The smallest absolute Gasteiger partial charge is 0.245 e. The van der Waals surface area contributed by atoms with Crippen LogP contribution in [0.5, 0.6) is 0 Å². The van der Waals surface area contributed by atoms with Gasteiger partial charge in [0, 0.05) is 12.5 Å². The van der Waals surface area contributed by atoms with Crippen molar-refractivity contribution in [2.45, 2.75) is 52.0 Å². The van der Waals surface area contributed by atoms with Gasteiger partial charge < -0.3 is 10.6 Å². The number of nitrogens with one attached hydrogen (secondary N) is 2. The monoisotopic (exact) mass is 294 g/mol. The molecular weight excluding hydrogens is 268 g/mol. The molecule has 0 aliphatic heterocycles. The second kappa shape index (κ2) is 7.38. The summed E-state index contributed by atoms with van der Waals surface area (Å²) in [7, 11) is 0. The molecule has 1 fully saturated rings. The first kappa shape index (κ1) is 17.4. The molecule has 118 valence electrons. The Balaban J connectivity index is 2.38. The summed E-state index contributed by atoms with van der Waals surface area (Å²) >= 11 is 0. The van der Waals surface area contributed by atoms with Crippen LogP contribution in [0.15, 0.2) is 12.7 Å². The summed E-state index contributed by atoms with van der Waals surface area (Å²) in [5.74, 6) is 0.310. The lowest BCUT2D eigenvalue weighted by molar-refractivity contribution is -0.130. The third-order valence-corrected chi connectivity index (χ3v) is 4.16. The van der Waals surface area contributed by atoms with Crippen LogP contribution in [0.2, 0.25) is 0 Å². The fourth-order valence-electron chi connectivity index (χ4n) is 2.65. The van der Waals surface area contributed by atoms with E-state index in [4.69, 9.17) is 0 Å². The molecular formula is C16H26N2O3. The average molecular weight is 294 g/mol. The topological polar surface area (TPSA) is 75.3 Å². The number of ketones is 1. The predicted molar refractivity (Wildman–Crippen MR) is 81.6 cm³/mol. The normalized spacial score (nSPS) is 22.2. The Hall–Kier alpha value is -1.65. The first-order valence-corrected chi connectivity index (χ1v) is 7.49. The third-order valence-electron chi connectivity index (χ3n) is 4.16. The van der Waals surface area contributed by atoms with Crippen molar-refractivity contribution in [3.63, 3.8) is 0 Å². The van der Waals surface area contributed by atoms with Crippen LogP contribution < -0.4 is 10.6 Å². The minimum Gasteiger partial charge on any atom is -0.354 e. The van der Waals surface area contributed by atoms with Gasteiger partial charge in [-0.15, -0.1) is 0 Å². The maximum Gasteiger partial charge on any atom is 0.245 e. The second-order valence-corrected chi connectivity index (χ2v) is 6.36. The number of Topliss-reactive ketones (excluding diaryl/α,β-unsaturated/α-hetero) is 1. The molecule has 0 bridgehead atoms.